The molecule has 4 aromatic rings. The lowest BCUT2D eigenvalue weighted by molar-refractivity contribution is 0.387. The molecule has 30 heavy (non-hydrogen) atoms. The van der Waals surface area contributed by atoms with Gasteiger partial charge in [0, 0.05) is 11.3 Å². The normalized spacial score (nSPS) is 10.6. The lowest BCUT2D eigenvalue weighted by Crippen LogP contribution is -2.01. The van der Waals surface area contributed by atoms with E-state index in [0.717, 1.165) is 28.2 Å². The highest BCUT2D eigenvalue weighted by Crippen LogP contribution is 2.34. The summed E-state index contributed by atoms with van der Waals surface area (Å²) in [5, 5.41) is 4.64. The number of aryl methyl sites for hydroxylation is 3. The molecule has 2 N–H and O–H groups in total. The van der Waals surface area contributed by atoms with Crippen LogP contribution in [-0.4, -0.2) is 26.7 Å². The number of fused-ring (bicyclic) bond motifs is 1. The van der Waals surface area contributed by atoms with Crippen LogP contribution in [0.5, 0.6) is 5.75 Å². The molecule has 0 amide bonds. The lowest BCUT2D eigenvalue weighted by atomic mass is 10.1. The van der Waals surface area contributed by atoms with E-state index >= 15 is 0 Å². The zero-order valence-corrected chi connectivity index (χ0v) is 18.1. The van der Waals surface area contributed by atoms with Gasteiger partial charge in [0.15, 0.2) is 17.2 Å². The Bertz CT molecular complexity index is 1220. The maximum atomic E-state index is 14.9. The predicted octanol–water partition coefficient (Wildman–Crippen LogP) is 5.14. The van der Waals surface area contributed by atoms with Crippen molar-refractivity contribution in [2.24, 2.45) is 0 Å². The third kappa shape index (κ3) is 3.58. The van der Waals surface area contributed by atoms with Gasteiger partial charge in [0.25, 0.3) is 0 Å². The van der Waals surface area contributed by atoms with Crippen LogP contribution in [0.25, 0.3) is 28.2 Å². The number of ether oxygens (including phenoxy) is 1. The van der Waals surface area contributed by atoms with Crippen LogP contribution in [0.15, 0.2) is 36.5 Å². The Balaban J connectivity index is 0.00000124. The first-order valence-electron chi connectivity index (χ1n) is 9.83. The Kier molecular flexibility index (Phi) is 6.01. The number of benzene rings is 1. The standard InChI is InChI=1S/C21H20FN5O.C2H6/c1-11-8-14(23)10-24-20(11)18-13(3)26-27-16(9-12(2)25-21(18)27)15-6-5-7-17(28-4)19(15)22;1-2/h5-10H,23H2,1-4H3;1-2H3. The van der Waals surface area contributed by atoms with Crippen molar-refractivity contribution >= 4 is 11.3 Å². The predicted molar refractivity (Wildman–Crippen MR) is 118 cm³/mol. The van der Waals surface area contributed by atoms with E-state index in [1.807, 2.05) is 46.8 Å². The molecule has 156 valence electrons. The molecule has 7 heteroatoms. The number of pyridine rings is 1. The van der Waals surface area contributed by atoms with Crippen LogP contribution in [0.2, 0.25) is 0 Å². The highest BCUT2D eigenvalue weighted by Gasteiger charge is 2.21. The molecule has 0 saturated heterocycles. The van der Waals surface area contributed by atoms with Crippen LogP contribution in [0.4, 0.5) is 10.1 Å². The van der Waals surface area contributed by atoms with Crippen molar-refractivity contribution in [1.29, 1.82) is 0 Å². The summed E-state index contributed by atoms with van der Waals surface area (Å²) >= 11 is 0. The minimum atomic E-state index is -0.437. The van der Waals surface area contributed by atoms with Gasteiger partial charge in [-0.15, -0.1) is 0 Å². The van der Waals surface area contributed by atoms with E-state index in [9.17, 15) is 4.39 Å². The maximum absolute atomic E-state index is 14.9. The van der Waals surface area contributed by atoms with Gasteiger partial charge in [-0.2, -0.15) is 5.10 Å². The van der Waals surface area contributed by atoms with Gasteiger partial charge in [-0.05, 0) is 50.6 Å². The number of hydrogen-bond donors (Lipinski definition) is 1. The van der Waals surface area contributed by atoms with Crippen molar-refractivity contribution < 1.29 is 9.13 Å². The Morgan fingerprint density at radius 1 is 1.10 bits per heavy atom. The Labute approximate surface area is 175 Å². The second-order valence-corrected chi connectivity index (χ2v) is 6.73. The summed E-state index contributed by atoms with van der Waals surface area (Å²) in [6.07, 6.45) is 1.61. The quantitative estimate of drug-likeness (QED) is 0.509. The van der Waals surface area contributed by atoms with Crippen molar-refractivity contribution in [3.63, 3.8) is 0 Å². The van der Waals surface area contributed by atoms with E-state index in [-0.39, 0.29) is 5.75 Å². The number of methoxy groups -OCH3 is 1. The fourth-order valence-corrected chi connectivity index (χ4v) is 3.44. The zero-order valence-electron chi connectivity index (χ0n) is 18.1. The molecule has 4 rings (SSSR count). The monoisotopic (exact) mass is 407 g/mol. The first-order chi connectivity index (χ1) is 14.4. The molecule has 3 aromatic heterocycles. The minimum absolute atomic E-state index is 0.181. The van der Waals surface area contributed by atoms with Crippen molar-refractivity contribution in [2.75, 3.05) is 12.8 Å². The van der Waals surface area contributed by atoms with Crippen molar-refractivity contribution in [3.8, 4) is 28.3 Å². The third-order valence-electron chi connectivity index (χ3n) is 4.69. The van der Waals surface area contributed by atoms with Crippen LogP contribution in [0.1, 0.15) is 30.8 Å². The average molecular weight is 407 g/mol. The van der Waals surface area contributed by atoms with E-state index in [2.05, 4.69) is 15.1 Å². The van der Waals surface area contributed by atoms with Gasteiger partial charge in [0.1, 0.15) is 0 Å². The molecule has 0 aliphatic heterocycles. The fraction of sp³-hybridized carbons (Fsp3) is 0.261. The summed E-state index contributed by atoms with van der Waals surface area (Å²) in [5.74, 6) is -0.256. The van der Waals surface area contributed by atoms with Crippen LogP contribution >= 0.6 is 0 Å². The molecule has 6 nitrogen and oxygen atoms in total. The van der Waals surface area contributed by atoms with Crippen molar-refractivity contribution in [1.82, 2.24) is 19.6 Å². The molecule has 0 aliphatic rings. The SMILES string of the molecule is CC.COc1cccc(-c2cc(C)nc3c(-c4ncc(N)cc4C)c(C)nn23)c1F. The number of hydrogen-bond acceptors (Lipinski definition) is 5. The van der Waals surface area contributed by atoms with E-state index < -0.39 is 5.82 Å². The van der Waals surface area contributed by atoms with Crippen LogP contribution in [0.3, 0.4) is 0 Å². The van der Waals surface area contributed by atoms with E-state index in [0.29, 0.717) is 22.6 Å². The summed E-state index contributed by atoms with van der Waals surface area (Å²) in [6.45, 7) is 9.71. The maximum Gasteiger partial charge on any atom is 0.174 e. The van der Waals surface area contributed by atoms with Crippen molar-refractivity contribution in [3.05, 3.63) is 59.3 Å². The number of anilines is 1. The highest BCUT2D eigenvalue weighted by molar-refractivity contribution is 5.82. The molecule has 0 bridgehead atoms. The highest BCUT2D eigenvalue weighted by atomic mass is 19.1. The zero-order chi connectivity index (χ0) is 22.0. The van der Waals surface area contributed by atoms with Crippen LogP contribution in [-0.2, 0) is 0 Å². The van der Waals surface area contributed by atoms with Gasteiger partial charge >= 0.3 is 0 Å². The second-order valence-electron chi connectivity index (χ2n) is 6.73. The fourth-order valence-electron chi connectivity index (χ4n) is 3.44. The lowest BCUT2D eigenvalue weighted by Gasteiger charge is -2.10. The van der Waals surface area contributed by atoms with E-state index in [1.54, 1.807) is 28.9 Å². The molecule has 1 aromatic carbocycles. The molecule has 0 atom stereocenters. The number of rotatable bonds is 3. The molecule has 0 saturated carbocycles. The Hall–Kier alpha value is -3.48. The van der Waals surface area contributed by atoms with Gasteiger partial charge < -0.3 is 10.5 Å². The molecular weight excluding hydrogens is 381 g/mol. The largest absolute Gasteiger partial charge is 0.494 e. The minimum Gasteiger partial charge on any atom is -0.494 e. The summed E-state index contributed by atoms with van der Waals surface area (Å²) in [7, 11) is 1.45. The molecule has 0 unspecified atom stereocenters. The number of nitrogen functional groups attached to an aromatic ring is 1. The van der Waals surface area contributed by atoms with Gasteiger partial charge in [-0.1, -0.05) is 19.9 Å². The van der Waals surface area contributed by atoms with Gasteiger partial charge in [0.05, 0.1) is 41.6 Å². The summed E-state index contributed by atoms with van der Waals surface area (Å²) in [4.78, 5) is 9.17. The van der Waals surface area contributed by atoms with E-state index in [4.69, 9.17) is 10.5 Å². The average Bonchev–Trinajstić information content (AvgIpc) is 3.05. The van der Waals surface area contributed by atoms with Crippen LogP contribution in [0, 0.1) is 26.6 Å². The number of aromatic nitrogens is 4. The van der Waals surface area contributed by atoms with Gasteiger partial charge in [-0.25, -0.2) is 13.9 Å². The summed E-state index contributed by atoms with van der Waals surface area (Å²) < 4.78 is 21.7. The second kappa shape index (κ2) is 8.49. The van der Waals surface area contributed by atoms with Crippen molar-refractivity contribution in [2.45, 2.75) is 34.6 Å². The molecular formula is C23H26FN5O. The molecule has 0 spiro atoms. The number of nitrogens with zero attached hydrogens (tertiary/aromatic N) is 4. The molecule has 0 radical (unpaired) electrons. The number of halogens is 1. The summed E-state index contributed by atoms with van der Waals surface area (Å²) in [5.41, 5.74) is 12.1. The van der Waals surface area contributed by atoms with E-state index in [1.165, 1.54) is 7.11 Å². The molecule has 0 aliphatic carbocycles. The Morgan fingerprint density at radius 3 is 2.50 bits per heavy atom. The Morgan fingerprint density at radius 2 is 1.83 bits per heavy atom. The smallest absolute Gasteiger partial charge is 0.174 e. The summed E-state index contributed by atoms with van der Waals surface area (Å²) in [6, 6.07) is 8.72. The molecule has 3 heterocycles. The first-order valence-corrected chi connectivity index (χ1v) is 9.83. The van der Waals surface area contributed by atoms with Gasteiger partial charge in [0.2, 0.25) is 0 Å². The van der Waals surface area contributed by atoms with Gasteiger partial charge in [-0.3, -0.25) is 4.98 Å². The molecule has 0 fully saturated rings. The topological polar surface area (TPSA) is 78.3 Å². The third-order valence-corrected chi connectivity index (χ3v) is 4.69. The first kappa shape index (κ1) is 21.2. The van der Waals surface area contributed by atoms with Crippen LogP contribution < -0.4 is 10.5 Å². The number of nitrogens with two attached hydrogens (primary N) is 1.